The molecule has 1 aliphatic heterocycles. The Morgan fingerprint density at radius 1 is 1.15 bits per heavy atom. The van der Waals surface area contributed by atoms with Crippen LogP contribution in [0.4, 0.5) is 0 Å². The van der Waals surface area contributed by atoms with Crippen molar-refractivity contribution < 1.29 is 19.4 Å². The van der Waals surface area contributed by atoms with E-state index in [0.29, 0.717) is 24.3 Å². The van der Waals surface area contributed by atoms with E-state index in [2.05, 4.69) is 25.8 Å². The molecular formula is C28H32N2O4. The number of hydrogen-bond acceptors (Lipinski definition) is 4. The van der Waals surface area contributed by atoms with Gasteiger partial charge in [-0.05, 0) is 42.5 Å². The number of nitrogens with one attached hydrogen (secondary N) is 1. The highest BCUT2D eigenvalue weighted by molar-refractivity contribution is 6.46. The molecule has 3 aromatic rings. The van der Waals surface area contributed by atoms with E-state index in [1.807, 2.05) is 50.2 Å². The first-order valence-electron chi connectivity index (χ1n) is 11.6. The van der Waals surface area contributed by atoms with Gasteiger partial charge in [-0.1, -0.05) is 52.0 Å². The quantitative estimate of drug-likeness (QED) is 0.294. The number of methoxy groups -OCH3 is 1. The van der Waals surface area contributed by atoms with Crippen molar-refractivity contribution in [3.63, 3.8) is 0 Å². The van der Waals surface area contributed by atoms with Gasteiger partial charge in [-0.25, -0.2) is 0 Å². The molecule has 1 aromatic heterocycles. The van der Waals surface area contributed by atoms with Gasteiger partial charge >= 0.3 is 0 Å². The zero-order valence-electron chi connectivity index (χ0n) is 20.7. The smallest absolute Gasteiger partial charge is 0.295 e. The van der Waals surface area contributed by atoms with Gasteiger partial charge in [0, 0.05) is 28.7 Å². The largest absolute Gasteiger partial charge is 0.507 e. The van der Waals surface area contributed by atoms with Crippen molar-refractivity contribution in [2.75, 3.05) is 13.7 Å². The van der Waals surface area contributed by atoms with Crippen LogP contribution >= 0.6 is 0 Å². The number of fused-ring (bicyclic) bond motifs is 1. The minimum atomic E-state index is -0.695. The lowest BCUT2D eigenvalue weighted by atomic mass is 9.85. The molecule has 0 saturated carbocycles. The van der Waals surface area contributed by atoms with Crippen LogP contribution in [0.3, 0.4) is 0 Å². The normalized spacial score (nSPS) is 18.2. The Balaban J connectivity index is 2.03. The summed E-state index contributed by atoms with van der Waals surface area (Å²) in [6.45, 7) is 10.5. The fraction of sp³-hybridized carbons (Fsp3) is 0.357. The lowest BCUT2D eigenvalue weighted by Crippen LogP contribution is -2.30. The van der Waals surface area contributed by atoms with E-state index in [1.165, 1.54) is 7.11 Å². The number of aromatic nitrogens is 1. The maximum Gasteiger partial charge on any atom is 0.295 e. The van der Waals surface area contributed by atoms with Crippen molar-refractivity contribution in [2.24, 2.45) is 0 Å². The van der Waals surface area contributed by atoms with Gasteiger partial charge in [0.2, 0.25) is 0 Å². The van der Waals surface area contributed by atoms with Crippen molar-refractivity contribution >= 4 is 28.4 Å². The fourth-order valence-electron chi connectivity index (χ4n) is 4.81. The Morgan fingerprint density at radius 2 is 1.85 bits per heavy atom. The number of rotatable bonds is 5. The number of aryl methyl sites for hydroxylation is 1. The standard InChI is InChI=1S/C28H32N2O4/c1-7-14-30-24(22-16(2)29-20-11-9-8-10-18(20)22)23(26(32)27(30)33)25(31)19-15-17(28(3,4)5)12-13-21(19)34-6/h8-13,15,24,29,31H,7,14H2,1-6H3/b25-23+. The Hall–Kier alpha value is -3.54. The molecule has 0 radical (unpaired) electrons. The molecule has 0 aliphatic carbocycles. The lowest BCUT2D eigenvalue weighted by molar-refractivity contribution is -0.139. The van der Waals surface area contributed by atoms with Gasteiger partial charge < -0.3 is 19.7 Å². The summed E-state index contributed by atoms with van der Waals surface area (Å²) in [6, 6.07) is 12.7. The van der Waals surface area contributed by atoms with Crippen LogP contribution in [0.15, 0.2) is 48.0 Å². The number of aliphatic hydroxyl groups is 1. The van der Waals surface area contributed by atoms with E-state index in [4.69, 9.17) is 4.74 Å². The van der Waals surface area contributed by atoms with Crippen molar-refractivity contribution in [1.82, 2.24) is 9.88 Å². The van der Waals surface area contributed by atoms with Gasteiger partial charge in [0.05, 0.1) is 24.3 Å². The van der Waals surface area contributed by atoms with E-state index in [-0.39, 0.29) is 16.7 Å². The van der Waals surface area contributed by atoms with Crippen LogP contribution in [0, 0.1) is 6.92 Å². The third-order valence-electron chi connectivity index (χ3n) is 6.54. The Kier molecular flexibility index (Phi) is 6.02. The van der Waals surface area contributed by atoms with Gasteiger partial charge in [0.15, 0.2) is 0 Å². The number of para-hydroxylation sites is 1. The lowest BCUT2D eigenvalue weighted by Gasteiger charge is -2.26. The topological polar surface area (TPSA) is 82.6 Å². The molecule has 2 heterocycles. The molecule has 2 N–H and O–H groups in total. The summed E-state index contributed by atoms with van der Waals surface area (Å²) < 4.78 is 5.54. The van der Waals surface area contributed by atoms with E-state index in [9.17, 15) is 14.7 Å². The summed E-state index contributed by atoms with van der Waals surface area (Å²) in [5, 5.41) is 12.5. The summed E-state index contributed by atoms with van der Waals surface area (Å²) in [6.07, 6.45) is 0.688. The molecular weight excluding hydrogens is 428 g/mol. The van der Waals surface area contributed by atoms with Crippen molar-refractivity contribution in [1.29, 1.82) is 0 Å². The van der Waals surface area contributed by atoms with Crippen LogP contribution in [0.25, 0.3) is 16.7 Å². The van der Waals surface area contributed by atoms with Gasteiger partial charge in [0.25, 0.3) is 11.7 Å². The molecule has 0 bridgehead atoms. The number of likely N-dealkylation sites (tertiary alicyclic amines) is 1. The zero-order valence-corrected chi connectivity index (χ0v) is 20.7. The van der Waals surface area contributed by atoms with Crippen molar-refractivity contribution in [3.05, 3.63) is 70.4 Å². The maximum atomic E-state index is 13.4. The van der Waals surface area contributed by atoms with Crippen molar-refractivity contribution in [2.45, 2.75) is 52.5 Å². The first-order chi connectivity index (χ1) is 16.1. The number of aliphatic hydroxyl groups excluding tert-OH is 1. The average Bonchev–Trinajstić information content (AvgIpc) is 3.25. The molecule has 1 atom stereocenters. The minimum absolute atomic E-state index is 0.0932. The molecule has 0 spiro atoms. The third-order valence-corrected chi connectivity index (χ3v) is 6.54. The van der Waals surface area contributed by atoms with Gasteiger partial charge in [0.1, 0.15) is 11.5 Å². The SMILES string of the molecule is CCCN1C(=O)C(=O)/C(=C(/O)c2cc(C(C)(C)C)ccc2OC)C1c1c(C)[nH]c2ccccc12. The molecule has 1 unspecified atom stereocenters. The van der Waals surface area contributed by atoms with E-state index >= 15 is 0 Å². The molecule has 178 valence electrons. The Morgan fingerprint density at radius 3 is 2.50 bits per heavy atom. The number of amides is 1. The van der Waals surface area contributed by atoms with E-state index in [0.717, 1.165) is 27.7 Å². The number of ketones is 1. The number of carbonyl (C=O) groups is 2. The van der Waals surface area contributed by atoms with Gasteiger partial charge in [-0.3, -0.25) is 9.59 Å². The summed E-state index contributed by atoms with van der Waals surface area (Å²) in [5.74, 6) is -1.04. The van der Waals surface area contributed by atoms with E-state index < -0.39 is 17.7 Å². The van der Waals surface area contributed by atoms with Crippen LogP contribution < -0.4 is 4.74 Å². The Bertz CT molecular complexity index is 1310. The third kappa shape index (κ3) is 3.77. The molecule has 4 rings (SSSR count). The number of H-pyrrole nitrogens is 1. The zero-order chi connectivity index (χ0) is 24.8. The molecule has 34 heavy (non-hydrogen) atoms. The predicted molar refractivity (Wildman–Crippen MR) is 134 cm³/mol. The second kappa shape index (κ2) is 8.67. The number of carbonyl (C=O) groups excluding carboxylic acids is 2. The van der Waals surface area contributed by atoms with Crippen LogP contribution in [0.2, 0.25) is 0 Å². The van der Waals surface area contributed by atoms with Gasteiger partial charge in [-0.15, -0.1) is 0 Å². The summed E-state index contributed by atoms with van der Waals surface area (Å²) >= 11 is 0. The highest BCUT2D eigenvalue weighted by atomic mass is 16.5. The van der Waals surface area contributed by atoms with Crippen LogP contribution in [-0.2, 0) is 15.0 Å². The molecule has 1 saturated heterocycles. The number of aromatic amines is 1. The molecule has 2 aromatic carbocycles. The highest BCUT2D eigenvalue weighted by Gasteiger charge is 2.47. The Labute approximate surface area is 200 Å². The second-order valence-electron chi connectivity index (χ2n) is 9.87. The van der Waals surface area contributed by atoms with E-state index in [1.54, 1.807) is 11.0 Å². The van der Waals surface area contributed by atoms with Crippen LogP contribution in [-0.4, -0.2) is 40.3 Å². The number of hydrogen-bond donors (Lipinski definition) is 2. The molecule has 6 heteroatoms. The molecule has 6 nitrogen and oxygen atoms in total. The highest BCUT2D eigenvalue weighted by Crippen LogP contribution is 2.44. The van der Waals surface area contributed by atoms with Gasteiger partial charge in [-0.2, -0.15) is 0 Å². The second-order valence-corrected chi connectivity index (χ2v) is 9.87. The van der Waals surface area contributed by atoms with Crippen molar-refractivity contribution in [3.8, 4) is 5.75 Å². The first-order valence-corrected chi connectivity index (χ1v) is 11.6. The number of ether oxygens (including phenoxy) is 1. The fourth-order valence-corrected chi connectivity index (χ4v) is 4.81. The first kappa shape index (κ1) is 23.6. The maximum absolute atomic E-state index is 13.4. The number of benzene rings is 2. The number of nitrogens with zero attached hydrogens (tertiary/aromatic N) is 1. The monoisotopic (exact) mass is 460 g/mol. The predicted octanol–water partition coefficient (Wildman–Crippen LogP) is 5.61. The molecule has 1 aliphatic rings. The molecule has 1 amide bonds. The summed E-state index contributed by atoms with van der Waals surface area (Å²) in [5.41, 5.74) is 3.92. The summed E-state index contributed by atoms with van der Waals surface area (Å²) in [7, 11) is 1.53. The average molecular weight is 461 g/mol. The minimum Gasteiger partial charge on any atom is -0.507 e. The van der Waals surface area contributed by atoms with Crippen LogP contribution in [0.5, 0.6) is 5.75 Å². The number of Topliss-reactive ketones (excluding diaryl/α,β-unsaturated/α-hetero) is 1. The van der Waals surface area contributed by atoms with Crippen LogP contribution in [0.1, 0.15) is 62.5 Å². The molecule has 1 fully saturated rings. The summed E-state index contributed by atoms with van der Waals surface area (Å²) in [4.78, 5) is 31.5.